The zero-order valence-electron chi connectivity index (χ0n) is 9.69. The van der Waals surface area contributed by atoms with Gasteiger partial charge in [-0.05, 0) is 25.7 Å². The first kappa shape index (κ1) is 12.7. The summed E-state index contributed by atoms with van der Waals surface area (Å²) in [5, 5.41) is 8.86. The van der Waals surface area contributed by atoms with Crippen LogP contribution < -0.4 is 0 Å². The highest BCUT2D eigenvalue weighted by atomic mass is 16.4. The molecule has 1 rings (SSSR count). The van der Waals surface area contributed by atoms with Gasteiger partial charge in [0.15, 0.2) is 0 Å². The summed E-state index contributed by atoms with van der Waals surface area (Å²) < 4.78 is 0. The van der Waals surface area contributed by atoms with Crippen molar-refractivity contribution in [2.45, 2.75) is 25.7 Å². The van der Waals surface area contributed by atoms with E-state index in [9.17, 15) is 9.59 Å². The SMILES string of the molecule is C=CCCCN(C)C(=O)C1CCC1C(=O)O. The molecule has 1 amide bonds. The second kappa shape index (κ2) is 5.68. The van der Waals surface area contributed by atoms with Crippen molar-refractivity contribution in [1.29, 1.82) is 0 Å². The quantitative estimate of drug-likeness (QED) is 0.551. The van der Waals surface area contributed by atoms with Crippen molar-refractivity contribution in [1.82, 2.24) is 4.90 Å². The van der Waals surface area contributed by atoms with Gasteiger partial charge in [-0.1, -0.05) is 6.08 Å². The highest BCUT2D eigenvalue weighted by Crippen LogP contribution is 2.35. The van der Waals surface area contributed by atoms with E-state index in [1.54, 1.807) is 11.9 Å². The van der Waals surface area contributed by atoms with Crippen molar-refractivity contribution in [2.75, 3.05) is 13.6 Å². The molecule has 2 atom stereocenters. The average molecular weight is 225 g/mol. The van der Waals surface area contributed by atoms with E-state index >= 15 is 0 Å². The molecule has 1 saturated carbocycles. The number of hydrogen-bond donors (Lipinski definition) is 1. The molecule has 0 radical (unpaired) electrons. The second-order valence-corrected chi connectivity index (χ2v) is 4.32. The molecule has 0 aliphatic heterocycles. The number of carbonyl (C=O) groups is 2. The summed E-state index contributed by atoms with van der Waals surface area (Å²) in [7, 11) is 1.74. The van der Waals surface area contributed by atoms with Crippen LogP contribution in [0, 0.1) is 11.8 Å². The minimum absolute atomic E-state index is 0.0253. The van der Waals surface area contributed by atoms with Gasteiger partial charge in [-0.15, -0.1) is 6.58 Å². The lowest BCUT2D eigenvalue weighted by Gasteiger charge is -2.35. The summed E-state index contributed by atoms with van der Waals surface area (Å²) >= 11 is 0. The maximum Gasteiger partial charge on any atom is 0.307 e. The highest BCUT2D eigenvalue weighted by Gasteiger charge is 2.42. The molecular formula is C12H19NO3. The summed E-state index contributed by atoms with van der Waals surface area (Å²) in [4.78, 5) is 24.3. The van der Waals surface area contributed by atoms with Gasteiger partial charge in [0.25, 0.3) is 0 Å². The smallest absolute Gasteiger partial charge is 0.307 e. The van der Waals surface area contributed by atoms with Gasteiger partial charge in [0.2, 0.25) is 5.91 Å². The Morgan fingerprint density at radius 3 is 2.50 bits per heavy atom. The van der Waals surface area contributed by atoms with E-state index in [1.807, 2.05) is 6.08 Å². The number of carbonyl (C=O) groups excluding carboxylic acids is 1. The molecule has 16 heavy (non-hydrogen) atoms. The lowest BCUT2D eigenvalue weighted by molar-refractivity contribution is -0.156. The van der Waals surface area contributed by atoms with Gasteiger partial charge >= 0.3 is 5.97 Å². The van der Waals surface area contributed by atoms with Crippen molar-refractivity contribution in [2.24, 2.45) is 11.8 Å². The normalized spacial score (nSPS) is 23.3. The zero-order valence-corrected chi connectivity index (χ0v) is 9.69. The molecule has 0 spiro atoms. The third-order valence-electron chi connectivity index (χ3n) is 3.19. The van der Waals surface area contributed by atoms with Gasteiger partial charge < -0.3 is 10.0 Å². The van der Waals surface area contributed by atoms with E-state index in [0.29, 0.717) is 19.4 Å². The zero-order chi connectivity index (χ0) is 12.1. The molecule has 0 aromatic carbocycles. The fourth-order valence-electron chi connectivity index (χ4n) is 1.96. The predicted octanol–water partition coefficient (Wildman–Crippen LogP) is 1.52. The first-order valence-corrected chi connectivity index (χ1v) is 5.66. The fraction of sp³-hybridized carbons (Fsp3) is 0.667. The first-order valence-electron chi connectivity index (χ1n) is 5.66. The van der Waals surface area contributed by atoms with Crippen LogP contribution in [0.3, 0.4) is 0 Å². The Hall–Kier alpha value is -1.32. The standard InChI is InChI=1S/C12H19NO3/c1-3-4-5-8-13(2)11(14)9-6-7-10(9)12(15)16/h3,9-10H,1,4-8H2,2H3,(H,15,16). The van der Waals surface area contributed by atoms with Crippen LogP contribution in [0.1, 0.15) is 25.7 Å². The highest BCUT2D eigenvalue weighted by molar-refractivity contribution is 5.86. The molecule has 0 aromatic rings. The maximum absolute atomic E-state index is 11.9. The van der Waals surface area contributed by atoms with E-state index in [1.165, 1.54) is 0 Å². The third kappa shape index (κ3) is 2.84. The summed E-state index contributed by atoms with van der Waals surface area (Å²) in [6.07, 6.45) is 4.93. The van der Waals surface area contributed by atoms with Crippen LogP contribution in [0.5, 0.6) is 0 Å². The number of carboxylic acids is 1. The average Bonchev–Trinajstić information content (AvgIpc) is 2.15. The lowest BCUT2D eigenvalue weighted by Crippen LogP contribution is -2.45. The number of hydrogen-bond acceptors (Lipinski definition) is 2. The Balaban J connectivity index is 2.38. The van der Waals surface area contributed by atoms with Gasteiger partial charge in [-0.3, -0.25) is 9.59 Å². The predicted molar refractivity (Wildman–Crippen MR) is 60.9 cm³/mol. The molecule has 0 aromatic heterocycles. The Kier molecular flexibility index (Phi) is 4.52. The number of allylic oxidation sites excluding steroid dienone is 1. The van der Waals surface area contributed by atoms with Crippen LogP contribution in [0.25, 0.3) is 0 Å². The van der Waals surface area contributed by atoms with Crippen LogP contribution in [0.2, 0.25) is 0 Å². The molecular weight excluding hydrogens is 206 g/mol. The molecule has 90 valence electrons. The molecule has 0 heterocycles. The number of carboxylic acid groups (broad SMARTS) is 1. The van der Waals surface area contributed by atoms with Crippen molar-refractivity contribution >= 4 is 11.9 Å². The molecule has 4 nitrogen and oxygen atoms in total. The van der Waals surface area contributed by atoms with Gasteiger partial charge in [-0.2, -0.15) is 0 Å². The van der Waals surface area contributed by atoms with Crippen LogP contribution in [0.4, 0.5) is 0 Å². The second-order valence-electron chi connectivity index (χ2n) is 4.32. The molecule has 0 bridgehead atoms. The van der Waals surface area contributed by atoms with Gasteiger partial charge in [0.1, 0.15) is 0 Å². The van der Waals surface area contributed by atoms with Crippen LogP contribution >= 0.6 is 0 Å². The third-order valence-corrected chi connectivity index (χ3v) is 3.19. The molecule has 1 fully saturated rings. The molecule has 2 unspecified atom stereocenters. The number of rotatable bonds is 6. The van der Waals surface area contributed by atoms with E-state index in [-0.39, 0.29) is 11.8 Å². The molecule has 1 aliphatic carbocycles. The Morgan fingerprint density at radius 1 is 1.44 bits per heavy atom. The van der Waals surface area contributed by atoms with E-state index < -0.39 is 11.9 Å². The number of amides is 1. The number of aliphatic carboxylic acids is 1. The number of nitrogens with zero attached hydrogens (tertiary/aromatic N) is 1. The lowest BCUT2D eigenvalue weighted by atomic mass is 9.73. The molecule has 0 saturated heterocycles. The van der Waals surface area contributed by atoms with Crippen molar-refractivity contribution in [3.63, 3.8) is 0 Å². The van der Waals surface area contributed by atoms with E-state index in [4.69, 9.17) is 5.11 Å². The van der Waals surface area contributed by atoms with E-state index in [0.717, 1.165) is 12.8 Å². The van der Waals surface area contributed by atoms with Crippen molar-refractivity contribution in [3.05, 3.63) is 12.7 Å². The summed E-state index contributed by atoms with van der Waals surface area (Å²) in [6, 6.07) is 0. The summed E-state index contributed by atoms with van der Waals surface area (Å²) in [5.74, 6) is -1.63. The van der Waals surface area contributed by atoms with Crippen molar-refractivity contribution in [3.8, 4) is 0 Å². The summed E-state index contributed by atoms with van der Waals surface area (Å²) in [6.45, 7) is 4.29. The minimum atomic E-state index is -0.843. The topological polar surface area (TPSA) is 57.6 Å². The fourth-order valence-corrected chi connectivity index (χ4v) is 1.96. The largest absolute Gasteiger partial charge is 0.481 e. The van der Waals surface area contributed by atoms with Crippen LogP contribution in [-0.4, -0.2) is 35.5 Å². The van der Waals surface area contributed by atoms with Gasteiger partial charge in [-0.25, -0.2) is 0 Å². The first-order chi connectivity index (χ1) is 7.57. The molecule has 1 aliphatic rings. The Bertz CT molecular complexity index is 288. The summed E-state index contributed by atoms with van der Waals surface area (Å²) in [5.41, 5.74) is 0. The maximum atomic E-state index is 11.9. The molecule has 1 N–H and O–H groups in total. The van der Waals surface area contributed by atoms with Gasteiger partial charge in [0, 0.05) is 13.6 Å². The monoisotopic (exact) mass is 225 g/mol. The Morgan fingerprint density at radius 2 is 2.06 bits per heavy atom. The van der Waals surface area contributed by atoms with Crippen LogP contribution in [-0.2, 0) is 9.59 Å². The van der Waals surface area contributed by atoms with E-state index in [2.05, 4.69) is 6.58 Å². The Labute approximate surface area is 95.9 Å². The van der Waals surface area contributed by atoms with Crippen LogP contribution in [0.15, 0.2) is 12.7 Å². The number of unbranched alkanes of at least 4 members (excludes halogenated alkanes) is 1. The molecule has 4 heteroatoms. The van der Waals surface area contributed by atoms with Crippen molar-refractivity contribution < 1.29 is 14.7 Å². The minimum Gasteiger partial charge on any atom is -0.481 e. The van der Waals surface area contributed by atoms with Gasteiger partial charge in [0.05, 0.1) is 11.8 Å².